The van der Waals surface area contributed by atoms with E-state index in [-0.39, 0.29) is 0 Å². The quantitative estimate of drug-likeness (QED) is 0.809. The van der Waals surface area contributed by atoms with Gasteiger partial charge < -0.3 is 5.32 Å². The number of hydrogen-bond acceptors (Lipinski definition) is 5. The van der Waals surface area contributed by atoms with Gasteiger partial charge in [0, 0.05) is 13.6 Å². The highest BCUT2D eigenvalue weighted by Crippen LogP contribution is 2.16. The first-order valence-electron chi connectivity index (χ1n) is 5.38. The lowest BCUT2D eigenvalue weighted by atomic mass is 10.2. The molecule has 1 rings (SSSR count). The molecule has 1 N–H and O–H groups in total. The van der Waals surface area contributed by atoms with Crippen LogP contribution in [0.1, 0.15) is 25.8 Å². The summed E-state index contributed by atoms with van der Waals surface area (Å²) in [6.07, 6.45) is 0. The highest BCUT2D eigenvalue weighted by Gasteiger charge is 2.09. The second-order valence-electron chi connectivity index (χ2n) is 3.97. The first-order valence-corrected chi connectivity index (χ1v) is 6.19. The van der Waals surface area contributed by atoms with E-state index in [1.54, 1.807) is 11.3 Å². The lowest BCUT2D eigenvalue weighted by Crippen LogP contribution is -2.26. The van der Waals surface area contributed by atoms with E-state index in [9.17, 15) is 0 Å². The molecule has 4 nitrogen and oxygen atoms in total. The lowest BCUT2D eigenvalue weighted by molar-refractivity contribution is 0.247. The normalized spacial score (nSPS) is 11.3. The number of nitrogens with zero attached hydrogens (tertiary/aromatic N) is 3. The van der Waals surface area contributed by atoms with Crippen LogP contribution in [-0.4, -0.2) is 35.2 Å². The van der Waals surface area contributed by atoms with Crippen LogP contribution in [-0.2, 0) is 6.54 Å². The molecule has 1 aromatic heterocycles. The van der Waals surface area contributed by atoms with E-state index in [0.717, 1.165) is 29.8 Å². The fourth-order valence-electron chi connectivity index (χ4n) is 1.43. The van der Waals surface area contributed by atoms with Gasteiger partial charge in [0.1, 0.15) is 5.01 Å². The summed E-state index contributed by atoms with van der Waals surface area (Å²) in [6, 6.07) is 0. The van der Waals surface area contributed by atoms with Gasteiger partial charge in [0.25, 0.3) is 0 Å². The van der Waals surface area contributed by atoms with E-state index < -0.39 is 0 Å². The molecule has 0 amide bonds. The molecule has 0 aliphatic carbocycles. The average Bonchev–Trinajstić information content (AvgIpc) is 2.64. The third kappa shape index (κ3) is 4.13. The molecule has 1 heterocycles. The Morgan fingerprint density at radius 1 is 1.40 bits per heavy atom. The fraction of sp³-hybridized carbons (Fsp3) is 0.800. The molecular formula is C10H20N4S. The predicted molar refractivity (Wildman–Crippen MR) is 65.2 cm³/mol. The SMILES string of the molecule is CCN(Cc1nnc(NC)s1)CC(C)C. The number of hydrogen-bond donors (Lipinski definition) is 1. The minimum Gasteiger partial charge on any atom is -0.363 e. The van der Waals surface area contributed by atoms with Crippen molar-refractivity contribution in [1.82, 2.24) is 15.1 Å². The van der Waals surface area contributed by atoms with Gasteiger partial charge in [-0.2, -0.15) is 0 Å². The van der Waals surface area contributed by atoms with Crippen molar-refractivity contribution in [2.45, 2.75) is 27.3 Å². The zero-order chi connectivity index (χ0) is 11.3. The van der Waals surface area contributed by atoms with Crippen molar-refractivity contribution in [2.24, 2.45) is 5.92 Å². The molecule has 0 saturated carbocycles. The van der Waals surface area contributed by atoms with Crippen molar-refractivity contribution in [3.8, 4) is 0 Å². The standard InChI is InChI=1S/C10H20N4S/c1-5-14(6-8(2)3)7-9-12-13-10(11-4)15-9/h8H,5-7H2,1-4H3,(H,11,13). The van der Waals surface area contributed by atoms with Gasteiger partial charge in [-0.15, -0.1) is 10.2 Å². The molecule has 0 saturated heterocycles. The summed E-state index contributed by atoms with van der Waals surface area (Å²) in [5.41, 5.74) is 0. The Kier molecular flexibility index (Phi) is 4.98. The summed E-state index contributed by atoms with van der Waals surface area (Å²) in [5, 5.41) is 13.2. The Hall–Kier alpha value is -0.680. The number of nitrogens with one attached hydrogen (secondary N) is 1. The smallest absolute Gasteiger partial charge is 0.205 e. The molecule has 0 aliphatic heterocycles. The van der Waals surface area contributed by atoms with Crippen LogP contribution in [0.2, 0.25) is 0 Å². The highest BCUT2D eigenvalue weighted by atomic mass is 32.1. The minimum absolute atomic E-state index is 0.696. The molecule has 86 valence electrons. The molecule has 0 bridgehead atoms. The summed E-state index contributed by atoms with van der Waals surface area (Å²) in [5.74, 6) is 0.696. The Morgan fingerprint density at radius 2 is 2.13 bits per heavy atom. The fourth-order valence-corrected chi connectivity index (χ4v) is 2.17. The van der Waals surface area contributed by atoms with Crippen LogP contribution in [0.5, 0.6) is 0 Å². The van der Waals surface area contributed by atoms with Crippen LogP contribution in [0, 0.1) is 5.92 Å². The van der Waals surface area contributed by atoms with Crippen LogP contribution in [0.4, 0.5) is 5.13 Å². The van der Waals surface area contributed by atoms with Gasteiger partial charge in [0.2, 0.25) is 5.13 Å². The second kappa shape index (κ2) is 6.02. The number of anilines is 1. The van der Waals surface area contributed by atoms with Crippen LogP contribution >= 0.6 is 11.3 Å². The maximum atomic E-state index is 4.15. The Morgan fingerprint density at radius 3 is 2.60 bits per heavy atom. The van der Waals surface area contributed by atoms with Gasteiger partial charge in [-0.05, 0) is 12.5 Å². The van der Waals surface area contributed by atoms with Gasteiger partial charge in [-0.25, -0.2) is 0 Å². The zero-order valence-corrected chi connectivity index (χ0v) is 10.8. The van der Waals surface area contributed by atoms with Gasteiger partial charge in [0.05, 0.1) is 6.54 Å². The molecule has 0 aliphatic rings. The molecule has 0 unspecified atom stereocenters. The van der Waals surface area contributed by atoms with Crippen molar-refractivity contribution in [1.29, 1.82) is 0 Å². The van der Waals surface area contributed by atoms with E-state index >= 15 is 0 Å². The van der Waals surface area contributed by atoms with Gasteiger partial charge in [0.15, 0.2) is 0 Å². The van der Waals surface area contributed by atoms with Gasteiger partial charge >= 0.3 is 0 Å². The highest BCUT2D eigenvalue weighted by molar-refractivity contribution is 7.15. The van der Waals surface area contributed by atoms with Crippen LogP contribution in [0.3, 0.4) is 0 Å². The molecule has 0 aromatic carbocycles. The first-order chi connectivity index (χ1) is 7.15. The van der Waals surface area contributed by atoms with Crippen LogP contribution < -0.4 is 5.32 Å². The molecule has 0 radical (unpaired) electrons. The molecule has 15 heavy (non-hydrogen) atoms. The van der Waals surface area contributed by atoms with E-state index in [4.69, 9.17) is 0 Å². The first kappa shape index (κ1) is 12.4. The molecule has 0 fully saturated rings. The maximum absolute atomic E-state index is 4.15. The topological polar surface area (TPSA) is 41.1 Å². The van der Waals surface area contributed by atoms with E-state index in [2.05, 4.69) is 41.2 Å². The van der Waals surface area contributed by atoms with Crippen molar-refractivity contribution in [3.63, 3.8) is 0 Å². The monoisotopic (exact) mass is 228 g/mol. The molecular weight excluding hydrogens is 208 g/mol. The average molecular weight is 228 g/mol. The molecule has 1 aromatic rings. The van der Waals surface area contributed by atoms with E-state index in [1.165, 1.54) is 0 Å². The zero-order valence-electron chi connectivity index (χ0n) is 9.95. The van der Waals surface area contributed by atoms with Crippen molar-refractivity contribution in [2.75, 3.05) is 25.5 Å². The number of rotatable bonds is 6. The maximum Gasteiger partial charge on any atom is 0.205 e. The summed E-state index contributed by atoms with van der Waals surface area (Å²) < 4.78 is 0. The van der Waals surface area contributed by atoms with Crippen LogP contribution in [0.15, 0.2) is 0 Å². The van der Waals surface area contributed by atoms with Crippen molar-refractivity contribution in [3.05, 3.63) is 5.01 Å². The summed E-state index contributed by atoms with van der Waals surface area (Å²) >= 11 is 1.63. The number of aromatic nitrogens is 2. The van der Waals surface area contributed by atoms with Crippen molar-refractivity contribution < 1.29 is 0 Å². The summed E-state index contributed by atoms with van der Waals surface area (Å²) in [6.45, 7) is 9.75. The second-order valence-corrected chi connectivity index (χ2v) is 5.03. The van der Waals surface area contributed by atoms with E-state index in [0.29, 0.717) is 5.92 Å². The summed E-state index contributed by atoms with van der Waals surface area (Å²) in [4.78, 5) is 2.39. The molecule has 0 atom stereocenters. The van der Waals surface area contributed by atoms with Gasteiger partial charge in [-0.1, -0.05) is 32.1 Å². The third-order valence-electron chi connectivity index (χ3n) is 2.11. The Bertz CT molecular complexity index is 285. The molecule has 0 spiro atoms. The molecule has 5 heteroatoms. The Labute approximate surface area is 95.7 Å². The van der Waals surface area contributed by atoms with Gasteiger partial charge in [-0.3, -0.25) is 4.90 Å². The lowest BCUT2D eigenvalue weighted by Gasteiger charge is -2.20. The van der Waals surface area contributed by atoms with Crippen LogP contribution in [0.25, 0.3) is 0 Å². The largest absolute Gasteiger partial charge is 0.363 e. The van der Waals surface area contributed by atoms with Crippen molar-refractivity contribution >= 4 is 16.5 Å². The predicted octanol–water partition coefficient (Wildman–Crippen LogP) is 2.06. The summed E-state index contributed by atoms with van der Waals surface area (Å²) in [7, 11) is 1.87. The Balaban J connectivity index is 2.50. The minimum atomic E-state index is 0.696. The third-order valence-corrected chi connectivity index (χ3v) is 3.04. The van der Waals surface area contributed by atoms with E-state index in [1.807, 2.05) is 7.05 Å².